The molecule has 0 fully saturated rings. The molecular formula is C24H23NO2. The summed E-state index contributed by atoms with van der Waals surface area (Å²) in [7, 11) is 0. The zero-order valence-corrected chi connectivity index (χ0v) is 15.4. The van der Waals surface area contributed by atoms with Crippen LogP contribution in [0.15, 0.2) is 72.9 Å². The Bertz CT molecular complexity index is 1100. The van der Waals surface area contributed by atoms with Gasteiger partial charge in [0.1, 0.15) is 0 Å². The molecule has 136 valence electrons. The highest BCUT2D eigenvalue weighted by Crippen LogP contribution is 2.27. The van der Waals surface area contributed by atoms with Gasteiger partial charge in [0.25, 0.3) is 0 Å². The predicted molar refractivity (Wildman–Crippen MR) is 110 cm³/mol. The molecule has 1 heterocycles. The van der Waals surface area contributed by atoms with E-state index in [4.69, 9.17) is 0 Å². The first kappa shape index (κ1) is 17.5. The molecule has 0 saturated heterocycles. The molecule has 0 unspecified atom stereocenters. The van der Waals surface area contributed by atoms with Crippen LogP contribution >= 0.6 is 0 Å². The number of aromatic nitrogens is 1. The highest BCUT2D eigenvalue weighted by Gasteiger charge is 2.19. The molecule has 0 radical (unpaired) electrons. The van der Waals surface area contributed by atoms with Crippen molar-refractivity contribution < 1.29 is 9.90 Å². The molecule has 0 bridgehead atoms. The summed E-state index contributed by atoms with van der Waals surface area (Å²) >= 11 is 0. The predicted octanol–water partition coefficient (Wildman–Crippen LogP) is 5.19. The summed E-state index contributed by atoms with van der Waals surface area (Å²) in [5, 5.41) is 13.2. The molecule has 0 amide bonds. The molecule has 1 aromatic heterocycles. The molecule has 3 nitrogen and oxygen atoms in total. The molecule has 0 spiro atoms. The standard InChI is InChI=1S/C24H23NO2/c1-2-8-18(26)15-25-16-22(20-12-5-6-14-23(20)25)24(27)21-13-7-10-17-9-3-4-11-19(17)21/h3-7,9-14,16,18,26H,2,8,15H2,1H3/t18-/m1/s1. The lowest BCUT2D eigenvalue weighted by atomic mass is 9.97. The van der Waals surface area contributed by atoms with Gasteiger partial charge >= 0.3 is 0 Å². The van der Waals surface area contributed by atoms with Crippen molar-refractivity contribution in [1.29, 1.82) is 0 Å². The lowest BCUT2D eigenvalue weighted by Gasteiger charge is -2.11. The van der Waals surface area contributed by atoms with E-state index >= 15 is 0 Å². The first-order valence-corrected chi connectivity index (χ1v) is 9.47. The van der Waals surface area contributed by atoms with Crippen LogP contribution in [0.3, 0.4) is 0 Å². The number of hydrogen-bond donors (Lipinski definition) is 1. The highest BCUT2D eigenvalue weighted by molar-refractivity contribution is 6.21. The van der Waals surface area contributed by atoms with E-state index in [1.54, 1.807) is 0 Å². The summed E-state index contributed by atoms with van der Waals surface area (Å²) in [6.07, 6.45) is 3.17. The zero-order valence-electron chi connectivity index (χ0n) is 15.4. The Morgan fingerprint density at radius 2 is 1.63 bits per heavy atom. The number of para-hydroxylation sites is 1. The number of benzene rings is 3. The molecule has 3 heteroatoms. The molecule has 27 heavy (non-hydrogen) atoms. The Kier molecular flexibility index (Phi) is 4.78. The molecule has 1 atom stereocenters. The van der Waals surface area contributed by atoms with Crippen LogP contribution in [-0.2, 0) is 6.54 Å². The van der Waals surface area contributed by atoms with E-state index in [-0.39, 0.29) is 5.78 Å². The van der Waals surface area contributed by atoms with Crippen molar-refractivity contribution in [2.24, 2.45) is 0 Å². The second kappa shape index (κ2) is 7.37. The van der Waals surface area contributed by atoms with Crippen LogP contribution in [0, 0.1) is 0 Å². The third-order valence-corrected chi connectivity index (χ3v) is 5.10. The molecule has 4 aromatic rings. The smallest absolute Gasteiger partial charge is 0.195 e. The summed E-state index contributed by atoms with van der Waals surface area (Å²) in [5.41, 5.74) is 2.38. The summed E-state index contributed by atoms with van der Waals surface area (Å²) in [5.74, 6) is 0.0201. The van der Waals surface area contributed by atoms with Crippen LogP contribution in [0.4, 0.5) is 0 Å². The van der Waals surface area contributed by atoms with Crippen LogP contribution < -0.4 is 0 Å². The van der Waals surface area contributed by atoms with Crippen molar-refractivity contribution >= 4 is 27.5 Å². The molecule has 0 aliphatic carbocycles. The van der Waals surface area contributed by atoms with E-state index in [2.05, 4.69) is 6.92 Å². The monoisotopic (exact) mass is 357 g/mol. The van der Waals surface area contributed by atoms with Gasteiger partial charge in [-0.2, -0.15) is 0 Å². The molecule has 0 aliphatic heterocycles. The summed E-state index contributed by atoms with van der Waals surface area (Å²) in [6.45, 7) is 2.56. The molecular weight excluding hydrogens is 334 g/mol. The largest absolute Gasteiger partial charge is 0.391 e. The van der Waals surface area contributed by atoms with Gasteiger partial charge in [0.05, 0.1) is 6.10 Å². The van der Waals surface area contributed by atoms with Crippen molar-refractivity contribution in [2.45, 2.75) is 32.4 Å². The molecule has 4 rings (SSSR count). The van der Waals surface area contributed by atoms with Crippen LogP contribution in [0.25, 0.3) is 21.7 Å². The Labute approximate surface area is 158 Å². The fraction of sp³-hybridized carbons (Fsp3) is 0.208. The van der Waals surface area contributed by atoms with Crippen molar-refractivity contribution in [3.05, 3.63) is 84.1 Å². The van der Waals surface area contributed by atoms with Crippen LogP contribution in [0.2, 0.25) is 0 Å². The summed E-state index contributed by atoms with van der Waals surface area (Å²) in [6, 6.07) is 21.7. The Hall–Kier alpha value is -2.91. The average molecular weight is 357 g/mol. The van der Waals surface area contributed by atoms with Gasteiger partial charge in [-0.3, -0.25) is 4.79 Å². The van der Waals surface area contributed by atoms with Crippen molar-refractivity contribution in [2.75, 3.05) is 0 Å². The fourth-order valence-corrected chi connectivity index (χ4v) is 3.80. The van der Waals surface area contributed by atoms with Gasteiger partial charge in [-0.1, -0.05) is 74.0 Å². The first-order chi connectivity index (χ1) is 13.2. The van der Waals surface area contributed by atoms with Gasteiger partial charge in [0.15, 0.2) is 5.78 Å². The molecule has 1 N–H and O–H groups in total. The van der Waals surface area contributed by atoms with Crippen LogP contribution in [0.1, 0.15) is 35.7 Å². The van der Waals surface area contributed by atoms with Gasteiger partial charge in [-0.05, 0) is 23.3 Å². The topological polar surface area (TPSA) is 42.2 Å². The van der Waals surface area contributed by atoms with E-state index in [9.17, 15) is 9.90 Å². The maximum absolute atomic E-state index is 13.4. The number of ketones is 1. The van der Waals surface area contributed by atoms with Crippen molar-refractivity contribution in [3.63, 3.8) is 0 Å². The average Bonchev–Trinajstić information content (AvgIpc) is 3.06. The lowest BCUT2D eigenvalue weighted by molar-refractivity contribution is 0.104. The normalized spacial score (nSPS) is 12.5. The number of fused-ring (bicyclic) bond motifs is 2. The van der Waals surface area contributed by atoms with Gasteiger partial charge in [-0.15, -0.1) is 0 Å². The number of aliphatic hydroxyl groups is 1. The quantitative estimate of drug-likeness (QED) is 0.483. The number of nitrogens with zero attached hydrogens (tertiary/aromatic N) is 1. The highest BCUT2D eigenvalue weighted by atomic mass is 16.3. The fourth-order valence-electron chi connectivity index (χ4n) is 3.80. The maximum Gasteiger partial charge on any atom is 0.195 e. The number of carbonyl (C=O) groups is 1. The number of aliphatic hydroxyl groups excluding tert-OH is 1. The summed E-state index contributed by atoms with van der Waals surface area (Å²) < 4.78 is 2.01. The minimum atomic E-state index is -0.411. The lowest BCUT2D eigenvalue weighted by Crippen LogP contribution is -2.14. The minimum absolute atomic E-state index is 0.0201. The zero-order chi connectivity index (χ0) is 18.8. The van der Waals surface area contributed by atoms with Crippen LogP contribution in [0.5, 0.6) is 0 Å². The van der Waals surface area contributed by atoms with Gasteiger partial charge in [0.2, 0.25) is 0 Å². The SMILES string of the molecule is CCC[C@@H](O)Cn1cc(C(=O)c2cccc3ccccc23)c2ccccc21. The third-order valence-electron chi connectivity index (χ3n) is 5.10. The van der Waals surface area contributed by atoms with E-state index in [0.717, 1.165) is 34.5 Å². The van der Waals surface area contributed by atoms with Gasteiger partial charge in [0, 0.05) is 34.8 Å². The minimum Gasteiger partial charge on any atom is -0.391 e. The van der Waals surface area contributed by atoms with Gasteiger partial charge < -0.3 is 9.67 Å². The van der Waals surface area contributed by atoms with E-state index in [1.807, 2.05) is 77.5 Å². The third kappa shape index (κ3) is 3.26. The van der Waals surface area contributed by atoms with Gasteiger partial charge in [-0.25, -0.2) is 0 Å². The Morgan fingerprint density at radius 3 is 2.44 bits per heavy atom. The Balaban J connectivity index is 1.82. The Morgan fingerprint density at radius 1 is 0.926 bits per heavy atom. The number of rotatable bonds is 6. The second-order valence-electron chi connectivity index (χ2n) is 7.01. The maximum atomic E-state index is 13.4. The molecule has 0 aliphatic rings. The van der Waals surface area contributed by atoms with E-state index in [1.165, 1.54) is 0 Å². The first-order valence-electron chi connectivity index (χ1n) is 9.47. The molecule has 0 saturated carbocycles. The second-order valence-corrected chi connectivity index (χ2v) is 7.01. The number of hydrogen-bond acceptors (Lipinski definition) is 2. The van der Waals surface area contributed by atoms with Crippen molar-refractivity contribution in [3.8, 4) is 0 Å². The van der Waals surface area contributed by atoms with E-state index < -0.39 is 6.10 Å². The van der Waals surface area contributed by atoms with Crippen molar-refractivity contribution in [1.82, 2.24) is 4.57 Å². The molecule has 3 aromatic carbocycles. The summed E-state index contributed by atoms with van der Waals surface area (Å²) in [4.78, 5) is 13.4. The van der Waals surface area contributed by atoms with E-state index in [0.29, 0.717) is 17.7 Å². The van der Waals surface area contributed by atoms with Crippen LogP contribution in [-0.4, -0.2) is 21.6 Å². The number of carbonyl (C=O) groups excluding carboxylic acids is 1.